The molecule has 0 aromatic carbocycles. The topological polar surface area (TPSA) is 41.6 Å². The highest BCUT2D eigenvalue weighted by molar-refractivity contribution is 6.17. The first-order valence-electron chi connectivity index (χ1n) is 4.75. The predicted molar refractivity (Wildman–Crippen MR) is 56.1 cm³/mol. The summed E-state index contributed by atoms with van der Waals surface area (Å²) in [7, 11) is 0. The second kappa shape index (κ2) is 5.66. The van der Waals surface area contributed by atoms with E-state index in [0.29, 0.717) is 17.6 Å². The van der Waals surface area contributed by atoms with E-state index in [1.54, 1.807) is 6.20 Å². The maximum absolute atomic E-state index is 8.72. The zero-order valence-electron chi connectivity index (χ0n) is 8.28. The molecule has 3 nitrogen and oxygen atoms in total. The molecule has 1 aromatic rings. The van der Waals surface area contributed by atoms with E-state index >= 15 is 0 Å². The van der Waals surface area contributed by atoms with Crippen molar-refractivity contribution in [3.05, 3.63) is 18.2 Å². The van der Waals surface area contributed by atoms with Gasteiger partial charge in [0.15, 0.2) is 0 Å². The molecule has 0 spiro atoms. The molecule has 1 rings (SSSR count). The van der Waals surface area contributed by atoms with Crippen LogP contribution in [0.3, 0.4) is 0 Å². The molecule has 76 valence electrons. The molecule has 0 aliphatic rings. The highest BCUT2D eigenvalue weighted by atomic mass is 35.5. The van der Waals surface area contributed by atoms with E-state index in [1.807, 2.05) is 10.8 Å². The summed E-state index contributed by atoms with van der Waals surface area (Å²) in [5.74, 6) is 1.79. The van der Waals surface area contributed by atoms with Crippen molar-refractivity contribution in [2.75, 3.05) is 5.88 Å². The van der Waals surface area contributed by atoms with Crippen LogP contribution in [-0.4, -0.2) is 15.4 Å². The Hall–Kier alpha value is -1.01. The maximum atomic E-state index is 8.72. The molecule has 4 heteroatoms. The number of aromatic nitrogens is 2. The van der Waals surface area contributed by atoms with Crippen LogP contribution in [-0.2, 0) is 6.54 Å². The second-order valence-electron chi connectivity index (χ2n) is 3.43. The van der Waals surface area contributed by atoms with Gasteiger partial charge in [0.2, 0.25) is 5.82 Å². The Labute approximate surface area is 89.3 Å². The number of rotatable bonds is 5. The third-order valence-corrected chi connectivity index (χ3v) is 2.50. The Morgan fingerprint density at radius 2 is 2.43 bits per heavy atom. The number of nitriles is 1. The lowest BCUT2D eigenvalue weighted by molar-refractivity contribution is 0.468. The molecule has 0 saturated carbocycles. The summed E-state index contributed by atoms with van der Waals surface area (Å²) in [5.41, 5.74) is 0. The van der Waals surface area contributed by atoms with Crippen LogP contribution in [0.5, 0.6) is 0 Å². The molecule has 14 heavy (non-hydrogen) atoms. The summed E-state index contributed by atoms with van der Waals surface area (Å²) < 4.78 is 1.88. The van der Waals surface area contributed by atoms with Crippen molar-refractivity contribution < 1.29 is 0 Å². The molecule has 0 amide bonds. The lowest BCUT2D eigenvalue weighted by atomic mass is 10.1. The van der Waals surface area contributed by atoms with E-state index in [2.05, 4.69) is 18.0 Å². The van der Waals surface area contributed by atoms with Gasteiger partial charge < -0.3 is 4.57 Å². The average Bonchev–Trinajstić information content (AvgIpc) is 2.62. The zero-order chi connectivity index (χ0) is 10.4. The van der Waals surface area contributed by atoms with Crippen LogP contribution >= 0.6 is 11.6 Å². The van der Waals surface area contributed by atoms with Gasteiger partial charge in [0.1, 0.15) is 6.07 Å². The van der Waals surface area contributed by atoms with Crippen LogP contribution in [0.25, 0.3) is 0 Å². The van der Waals surface area contributed by atoms with Crippen LogP contribution in [0.2, 0.25) is 0 Å². The molecule has 1 heterocycles. The molecule has 0 N–H and O–H groups in total. The van der Waals surface area contributed by atoms with Gasteiger partial charge in [-0.2, -0.15) is 5.26 Å². The molecular formula is C10H14ClN3. The van der Waals surface area contributed by atoms with Crippen molar-refractivity contribution in [3.8, 4) is 6.07 Å². The minimum Gasteiger partial charge on any atom is -0.323 e. The molecule has 0 fully saturated rings. The molecule has 0 bridgehead atoms. The summed E-state index contributed by atoms with van der Waals surface area (Å²) in [5, 5.41) is 8.72. The fourth-order valence-corrected chi connectivity index (χ4v) is 1.67. The largest absolute Gasteiger partial charge is 0.323 e. The van der Waals surface area contributed by atoms with Crippen molar-refractivity contribution in [1.29, 1.82) is 5.26 Å². The van der Waals surface area contributed by atoms with Crippen LogP contribution in [0, 0.1) is 17.2 Å². The molecule has 1 aromatic heterocycles. The van der Waals surface area contributed by atoms with Crippen molar-refractivity contribution in [2.45, 2.75) is 26.3 Å². The first-order chi connectivity index (χ1) is 6.77. The Morgan fingerprint density at radius 1 is 1.64 bits per heavy atom. The van der Waals surface area contributed by atoms with Gasteiger partial charge in [0.05, 0.1) is 0 Å². The minimum absolute atomic E-state index is 0.489. The summed E-state index contributed by atoms with van der Waals surface area (Å²) >= 11 is 5.64. The van der Waals surface area contributed by atoms with Crippen LogP contribution < -0.4 is 0 Å². The fourth-order valence-electron chi connectivity index (χ4n) is 1.29. The molecule has 0 saturated heterocycles. The Morgan fingerprint density at radius 3 is 3.07 bits per heavy atom. The van der Waals surface area contributed by atoms with Crippen molar-refractivity contribution in [2.24, 2.45) is 5.92 Å². The standard InChI is InChI=1S/C10H14ClN3/c1-9(2-4-11)3-6-14-7-5-13-10(14)8-12/h5,7,9H,2-4,6H2,1H3. The predicted octanol–water partition coefficient (Wildman–Crippen LogP) is 2.41. The van der Waals surface area contributed by atoms with Gasteiger partial charge in [-0.05, 0) is 18.8 Å². The maximum Gasteiger partial charge on any atom is 0.212 e. The third-order valence-electron chi connectivity index (χ3n) is 2.28. The monoisotopic (exact) mass is 211 g/mol. The lowest BCUT2D eigenvalue weighted by Gasteiger charge is -2.09. The number of imidazole rings is 1. The summed E-state index contributed by atoms with van der Waals surface area (Å²) in [4.78, 5) is 3.93. The number of aryl methyl sites for hydroxylation is 1. The number of hydrogen-bond donors (Lipinski definition) is 0. The van der Waals surface area contributed by atoms with Gasteiger partial charge in [0.25, 0.3) is 0 Å². The van der Waals surface area contributed by atoms with Crippen molar-refractivity contribution in [1.82, 2.24) is 9.55 Å². The number of halogens is 1. The highest BCUT2D eigenvalue weighted by Gasteiger charge is 2.04. The Kier molecular flexibility index (Phi) is 4.48. The number of hydrogen-bond acceptors (Lipinski definition) is 2. The number of nitrogens with zero attached hydrogens (tertiary/aromatic N) is 3. The van der Waals surface area contributed by atoms with E-state index in [1.165, 1.54) is 0 Å². The lowest BCUT2D eigenvalue weighted by Crippen LogP contribution is -2.05. The Balaban J connectivity index is 2.42. The number of alkyl halides is 1. The fraction of sp³-hybridized carbons (Fsp3) is 0.600. The first kappa shape index (κ1) is 11.1. The zero-order valence-corrected chi connectivity index (χ0v) is 9.04. The summed E-state index contributed by atoms with van der Waals surface area (Å²) in [6.45, 7) is 3.02. The van der Waals surface area contributed by atoms with Crippen LogP contribution in [0.15, 0.2) is 12.4 Å². The van der Waals surface area contributed by atoms with E-state index in [-0.39, 0.29) is 0 Å². The quantitative estimate of drug-likeness (QED) is 0.702. The van der Waals surface area contributed by atoms with Crippen LogP contribution in [0.4, 0.5) is 0 Å². The Bertz CT molecular complexity index is 313. The summed E-state index contributed by atoms with van der Waals surface area (Å²) in [6, 6.07) is 2.06. The van der Waals surface area contributed by atoms with E-state index in [9.17, 15) is 0 Å². The van der Waals surface area contributed by atoms with Crippen molar-refractivity contribution >= 4 is 11.6 Å². The molecule has 0 aliphatic heterocycles. The molecule has 1 atom stereocenters. The molecule has 0 aliphatic carbocycles. The SMILES string of the molecule is CC(CCCl)CCn1ccnc1C#N. The van der Waals surface area contributed by atoms with Gasteiger partial charge >= 0.3 is 0 Å². The molecular weight excluding hydrogens is 198 g/mol. The summed E-state index contributed by atoms with van der Waals surface area (Å²) in [6.07, 6.45) is 5.56. The molecule has 1 unspecified atom stereocenters. The van der Waals surface area contributed by atoms with E-state index in [0.717, 1.165) is 19.4 Å². The van der Waals surface area contributed by atoms with Gasteiger partial charge in [-0.3, -0.25) is 0 Å². The van der Waals surface area contributed by atoms with Crippen LogP contribution in [0.1, 0.15) is 25.6 Å². The smallest absolute Gasteiger partial charge is 0.212 e. The average molecular weight is 212 g/mol. The normalized spacial score (nSPS) is 12.4. The van der Waals surface area contributed by atoms with Gasteiger partial charge in [-0.25, -0.2) is 4.98 Å². The van der Waals surface area contributed by atoms with E-state index < -0.39 is 0 Å². The first-order valence-corrected chi connectivity index (χ1v) is 5.28. The third kappa shape index (κ3) is 3.04. The minimum atomic E-state index is 0.489. The van der Waals surface area contributed by atoms with E-state index in [4.69, 9.17) is 16.9 Å². The van der Waals surface area contributed by atoms with Gasteiger partial charge in [-0.15, -0.1) is 11.6 Å². The molecule has 0 radical (unpaired) electrons. The second-order valence-corrected chi connectivity index (χ2v) is 3.81. The van der Waals surface area contributed by atoms with Crippen molar-refractivity contribution in [3.63, 3.8) is 0 Å². The van der Waals surface area contributed by atoms with Gasteiger partial charge in [0, 0.05) is 24.8 Å². The highest BCUT2D eigenvalue weighted by Crippen LogP contribution is 2.10. The van der Waals surface area contributed by atoms with Gasteiger partial charge in [-0.1, -0.05) is 6.92 Å².